The molecule has 0 aliphatic rings. The molecular weight excluding hydrogens is 347 g/mol. The average molecular weight is 364 g/mol. The molecule has 2 aromatic carbocycles. The van der Waals surface area contributed by atoms with Crippen LogP contribution in [0.3, 0.4) is 0 Å². The molecular formula is C21H17FN2O3. The van der Waals surface area contributed by atoms with E-state index >= 15 is 0 Å². The van der Waals surface area contributed by atoms with Crippen LogP contribution in [0.15, 0.2) is 72.9 Å². The first-order valence-corrected chi connectivity index (χ1v) is 8.31. The quantitative estimate of drug-likeness (QED) is 0.681. The van der Waals surface area contributed by atoms with Crippen LogP contribution >= 0.6 is 0 Å². The predicted molar refractivity (Wildman–Crippen MR) is 98.2 cm³/mol. The third-order valence-electron chi connectivity index (χ3n) is 3.80. The lowest BCUT2D eigenvalue weighted by Gasteiger charge is -2.07. The number of aromatic nitrogens is 1. The van der Waals surface area contributed by atoms with Gasteiger partial charge in [0.05, 0.1) is 11.3 Å². The third-order valence-corrected chi connectivity index (χ3v) is 3.80. The molecule has 0 aliphatic heterocycles. The number of nitrogens with zero attached hydrogens (tertiary/aromatic N) is 1. The maximum Gasteiger partial charge on any atom is 0.325 e. The first kappa shape index (κ1) is 18.3. The van der Waals surface area contributed by atoms with Gasteiger partial charge in [-0.25, -0.2) is 4.39 Å². The van der Waals surface area contributed by atoms with Crippen molar-refractivity contribution in [1.82, 2.24) is 10.3 Å². The highest BCUT2D eigenvalue weighted by atomic mass is 19.1. The third kappa shape index (κ3) is 5.22. The Labute approximate surface area is 155 Å². The van der Waals surface area contributed by atoms with Crippen molar-refractivity contribution in [3.05, 3.63) is 89.9 Å². The van der Waals surface area contributed by atoms with Gasteiger partial charge >= 0.3 is 5.97 Å². The van der Waals surface area contributed by atoms with Gasteiger partial charge in [-0.2, -0.15) is 0 Å². The first-order chi connectivity index (χ1) is 13.1. The van der Waals surface area contributed by atoms with E-state index in [0.717, 1.165) is 11.1 Å². The highest BCUT2D eigenvalue weighted by Crippen LogP contribution is 2.17. The number of carbonyl (C=O) groups excluding carboxylic acids is 2. The number of ether oxygens (including phenoxy) is 1. The molecule has 0 aliphatic carbocycles. The molecule has 5 nitrogen and oxygen atoms in total. The molecule has 3 rings (SSSR count). The average Bonchev–Trinajstić information content (AvgIpc) is 2.72. The molecule has 0 saturated carbocycles. The lowest BCUT2D eigenvalue weighted by molar-refractivity contribution is -0.143. The molecule has 6 heteroatoms. The summed E-state index contributed by atoms with van der Waals surface area (Å²) in [7, 11) is 0. The number of hydrogen-bond donors (Lipinski definition) is 1. The van der Waals surface area contributed by atoms with Crippen LogP contribution < -0.4 is 5.32 Å². The Morgan fingerprint density at radius 3 is 2.37 bits per heavy atom. The van der Waals surface area contributed by atoms with E-state index in [1.165, 1.54) is 18.3 Å². The fraction of sp³-hybridized carbons (Fsp3) is 0.0952. The number of nitrogens with one attached hydrogen (secondary N) is 1. The number of rotatable bonds is 6. The first-order valence-electron chi connectivity index (χ1n) is 8.31. The molecule has 27 heavy (non-hydrogen) atoms. The normalized spacial score (nSPS) is 10.3. The molecule has 0 spiro atoms. The van der Waals surface area contributed by atoms with Crippen LogP contribution in [0.4, 0.5) is 4.39 Å². The van der Waals surface area contributed by atoms with Crippen molar-refractivity contribution in [2.45, 2.75) is 6.61 Å². The minimum atomic E-state index is -0.525. The maximum atomic E-state index is 13.0. The molecule has 1 amide bonds. The fourth-order valence-corrected chi connectivity index (χ4v) is 2.36. The standard InChI is InChI=1S/C21H17FN2O3/c22-18-9-6-16(7-10-18)19-11-8-17(12-23-19)21(26)24-13-20(25)27-14-15-4-2-1-3-5-15/h1-12H,13-14H2,(H,24,26). The molecule has 1 N–H and O–H groups in total. The van der Waals surface area contributed by atoms with Gasteiger partial charge in [-0.15, -0.1) is 0 Å². The van der Waals surface area contributed by atoms with Crippen molar-refractivity contribution in [3.63, 3.8) is 0 Å². The van der Waals surface area contributed by atoms with Gasteiger partial charge < -0.3 is 10.1 Å². The van der Waals surface area contributed by atoms with Crippen LogP contribution in [-0.2, 0) is 16.1 Å². The number of halogens is 1. The Morgan fingerprint density at radius 2 is 1.70 bits per heavy atom. The molecule has 1 aromatic heterocycles. The highest BCUT2D eigenvalue weighted by Gasteiger charge is 2.10. The SMILES string of the molecule is O=C(CNC(=O)c1ccc(-c2ccc(F)cc2)nc1)OCc1ccccc1. The summed E-state index contributed by atoms with van der Waals surface area (Å²) in [6.45, 7) is -0.0746. The van der Waals surface area contributed by atoms with E-state index in [0.29, 0.717) is 11.3 Å². The minimum Gasteiger partial charge on any atom is -0.460 e. The van der Waals surface area contributed by atoms with E-state index in [-0.39, 0.29) is 19.0 Å². The second-order valence-corrected chi connectivity index (χ2v) is 5.77. The smallest absolute Gasteiger partial charge is 0.325 e. The number of carbonyl (C=O) groups is 2. The van der Waals surface area contributed by atoms with Gasteiger partial charge in [0, 0.05) is 11.8 Å². The lowest BCUT2D eigenvalue weighted by atomic mass is 10.1. The van der Waals surface area contributed by atoms with Crippen LogP contribution in [0.1, 0.15) is 15.9 Å². The van der Waals surface area contributed by atoms with Crippen LogP contribution in [-0.4, -0.2) is 23.4 Å². The molecule has 0 bridgehead atoms. The number of amides is 1. The minimum absolute atomic E-state index is 0.156. The largest absolute Gasteiger partial charge is 0.460 e. The van der Waals surface area contributed by atoms with Crippen molar-refractivity contribution in [2.75, 3.05) is 6.54 Å². The van der Waals surface area contributed by atoms with Gasteiger partial charge in [-0.05, 0) is 42.0 Å². The Kier molecular flexibility index (Phi) is 5.89. The number of esters is 1. The van der Waals surface area contributed by atoms with E-state index in [9.17, 15) is 14.0 Å². The van der Waals surface area contributed by atoms with Gasteiger partial charge in [0.2, 0.25) is 0 Å². The summed E-state index contributed by atoms with van der Waals surface area (Å²) in [5, 5.41) is 2.50. The zero-order valence-corrected chi connectivity index (χ0v) is 14.4. The summed E-state index contributed by atoms with van der Waals surface area (Å²) in [4.78, 5) is 28.0. The Balaban J connectivity index is 1.50. The summed E-state index contributed by atoms with van der Waals surface area (Å²) in [6, 6.07) is 18.5. The molecule has 0 unspecified atom stereocenters. The van der Waals surface area contributed by atoms with E-state index in [2.05, 4.69) is 10.3 Å². The van der Waals surface area contributed by atoms with Crippen LogP contribution in [0, 0.1) is 5.82 Å². The zero-order valence-electron chi connectivity index (χ0n) is 14.4. The topological polar surface area (TPSA) is 68.3 Å². The fourth-order valence-electron chi connectivity index (χ4n) is 2.36. The zero-order chi connectivity index (χ0) is 19.1. The van der Waals surface area contributed by atoms with Gasteiger partial charge in [0.1, 0.15) is 19.0 Å². The molecule has 1 heterocycles. The molecule has 0 radical (unpaired) electrons. The molecule has 0 saturated heterocycles. The Bertz CT molecular complexity index is 910. The summed E-state index contributed by atoms with van der Waals surface area (Å²) in [5.41, 5.74) is 2.55. The van der Waals surface area contributed by atoms with Crippen molar-refractivity contribution < 1.29 is 18.7 Å². The summed E-state index contributed by atoms with van der Waals surface area (Å²) >= 11 is 0. The van der Waals surface area contributed by atoms with Crippen LogP contribution in [0.5, 0.6) is 0 Å². The van der Waals surface area contributed by atoms with Crippen molar-refractivity contribution in [1.29, 1.82) is 0 Å². The highest BCUT2D eigenvalue weighted by molar-refractivity contribution is 5.95. The molecule has 0 atom stereocenters. The van der Waals surface area contributed by atoms with Gasteiger partial charge in [0.15, 0.2) is 0 Å². The van der Waals surface area contributed by atoms with Crippen molar-refractivity contribution in [2.24, 2.45) is 0 Å². The summed E-state index contributed by atoms with van der Waals surface area (Å²) in [5.74, 6) is -1.28. The Hall–Kier alpha value is -3.54. The maximum absolute atomic E-state index is 13.0. The number of pyridine rings is 1. The van der Waals surface area contributed by atoms with E-state index in [1.54, 1.807) is 24.3 Å². The van der Waals surface area contributed by atoms with E-state index in [4.69, 9.17) is 4.74 Å². The van der Waals surface area contributed by atoms with Crippen LogP contribution in [0.2, 0.25) is 0 Å². The second kappa shape index (κ2) is 8.71. The molecule has 136 valence electrons. The van der Waals surface area contributed by atoms with Crippen LogP contribution in [0.25, 0.3) is 11.3 Å². The van der Waals surface area contributed by atoms with Gasteiger partial charge in [-0.3, -0.25) is 14.6 Å². The van der Waals surface area contributed by atoms with Crippen molar-refractivity contribution >= 4 is 11.9 Å². The van der Waals surface area contributed by atoms with Gasteiger partial charge in [0.25, 0.3) is 5.91 Å². The van der Waals surface area contributed by atoms with Crippen molar-refractivity contribution in [3.8, 4) is 11.3 Å². The summed E-state index contributed by atoms with van der Waals surface area (Å²) < 4.78 is 18.1. The molecule has 0 fully saturated rings. The van der Waals surface area contributed by atoms with E-state index < -0.39 is 11.9 Å². The molecule has 3 aromatic rings. The predicted octanol–water partition coefficient (Wildman–Crippen LogP) is 3.36. The summed E-state index contributed by atoms with van der Waals surface area (Å²) in [6.07, 6.45) is 1.41. The number of benzene rings is 2. The number of hydrogen-bond acceptors (Lipinski definition) is 4. The lowest BCUT2D eigenvalue weighted by Crippen LogP contribution is -2.30. The Morgan fingerprint density at radius 1 is 0.963 bits per heavy atom. The second-order valence-electron chi connectivity index (χ2n) is 5.77. The monoisotopic (exact) mass is 364 g/mol. The van der Waals surface area contributed by atoms with E-state index in [1.807, 2.05) is 30.3 Å². The van der Waals surface area contributed by atoms with Gasteiger partial charge in [-0.1, -0.05) is 30.3 Å².